The van der Waals surface area contributed by atoms with Gasteiger partial charge in [-0.2, -0.15) is 20.1 Å². The predicted octanol–water partition coefficient (Wildman–Crippen LogP) is 0.640. The molecule has 14 heteroatoms. The van der Waals surface area contributed by atoms with Crippen LogP contribution in [0.3, 0.4) is 0 Å². The molecule has 0 spiro atoms. The number of hydrogen-bond donors (Lipinski definition) is 6. The number of rotatable bonds is 12. The van der Waals surface area contributed by atoms with Crippen molar-refractivity contribution in [3.63, 3.8) is 0 Å². The molecule has 0 heterocycles. The minimum absolute atomic E-state index is 0.195. The van der Waals surface area contributed by atoms with Crippen molar-refractivity contribution in [3.05, 3.63) is 12.2 Å². The summed E-state index contributed by atoms with van der Waals surface area (Å²) in [5, 5.41) is 17.6. The molecule has 0 saturated carbocycles. The van der Waals surface area contributed by atoms with Crippen LogP contribution in [0.2, 0.25) is 0 Å². The second-order valence-corrected chi connectivity index (χ2v) is 7.20. The fourth-order valence-electron chi connectivity index (χ4n) is 2.52. The van der Waals surface area contributed by atoms with E-state index < -0.39 is 23.9 Å². The first-order valence-electron chi connectivity index (χ1n) is 11.1. The van der Waals surface area contributed by atoms with Crippen LogP contribution in [-0.2, 0) is 19.3 Å². The fraction of sp³-hybridized carbons (Fsp3) is 0.600. The molecule has 0 bridgehead atoms. The number of carbonyl (C=O) groups is 2. The number of nitrogens with two attached hydrogens (primary N) is 4. The first-order chi connectivity index (χ1) is 16.1. The molecule has 0 aliphatic rings. The summed E-state index contributed by atoms with van der Waals surface area (Å²) < 4.78 is 0. The van der Waals surface area contributed by atoms with Crippen molar-refractivity contribution < 1.29 is 19.3 Å². The van der Waals surface area contributed by atoms with Gasteiger partial charge in [-0.25, -0.2) is 9.59 Å². The fourth-order valence-corrected chi connectivity index (χ4v) is 2.52. The molecule has 0 atom stereocenters. The standard InChI is InChI=1S/C20H38N10O4/c1-3-5-7-9-13-29(19(25)27-17(21)22)33-15(31)11-12-16(32)34-30(14-10-8-6-4-2)20(26)28-18(23)24/h11-12H,3-10,13-14H2,1-2H3,(H5,21,22,25,27)(H5,23,24,26,28)/b12-11-. The molecule has 192 valence electrons. The van der Waals surface area contributed by atoms with Gasteiger partial charge in [-0.05, 0) is 12.8 Å². The SMILES string of the molecule is CCCCCCN(OC(=O)/C=C\C(=O)ON(CCCCCC)C(=N)N=C(N)N)C(=N)N=C(N)N. The molecule has 10 N–H and O–H groups in total. The van der Waals surface area contributed by atoms with Crippen LogP contribution in [0.5, 0.6) is 0 Å². The van der Waals surface area contributed by atoms with E-state index in [1.807, 2.05) is 13.8 Å². The molecule has 0 unspecified atom stereocenters. The molecule has 0 saturated heterocycles. The lowest BCUT2D eigenvalue weighted by Crippen LogP contribution is -2.36. The van der Waals surface area contributed by atoms with Crippen LogP contribution in [0.15, 0.2) is 22.1 Å². The molecular weight excluding hydrogens is 444 g/mol. The van der Waals surface area contributed by atoms with Gasteiger partial charge in [0.15, 0.2) is 11.9 Å². The molecule has 34 heavy (non-hydrogen) atoms. The van der Waals surface area contributed by atoms with Crippen LogP contribution in [-0.4, -0.2) is 59.0 Å². The maximum atomic E-state index is 12.2. The van der Waals surface area contributed by atoms with E-state index in [9.17, 15) is 9.59 Å². The summed E-state index contributed by atoms with van der Waals surface area (Å²) in [6.45, 7) is 4.49. The lowest BCUT2D eigenvalue weighted by atomic mass is 10.2. The van der Waals surface area contributed by atoms with Gasteiger partial charge in [-0.15, -0.1) is 0 Å². The molecule has 0 aromatic heterocycles. The van der Waals surface area contributed by atoms with Crippen molar-refractivity contribution in [1.29, 1.82) is 10.8 Å². The van der Waals surface area contributed by atoms with E-state index in [0.29, 0.717) is 12.8 Å². The number of nitrogens with one attached hydrogen (secondary N) is 2. The van der Waals surface area contributed by atoms with Crippen LogP contribution in [0.4, 0.5) is 0 Å². The molecule has 14 nitrogen and oxygen atoms in total. The van der Waals surface area contributed by atoms with Gasteiger partial charge < -0.3 is 32.6 Å². The summed E-state index contributed by atoms with van der Waals surface area (Å²) in [5.41, 5.74) is 21.1. The lowest BCUT2D eigenvalue weighted by Gasteiger charge is -2.21. The van der Waals surface area contributed by atoms with Crippen molar-refractivity contribution in [3.8, 4) is 0 Å². The van der Waals surface area contributed by atoms with E-state index in [1.54, 1.807) is 0 Å². The maximum absolute atomic E-state index is 12.2. The molecule has 0 rings (SSSR count). The first kappa shape index (κ1) is 30.2. The predicted molar refractivity (Wildman–Crippen MR) is 130 cm³/mol. The Morgan fingerprint density at radius 1 is 0.706 bits per heavy atom. The van der Waals surface area contributed by atoms with Crippen LogP contribution >= 0.6 is 0 Å². The van der Waals surface area contributed by atoms with Gasteiger partial charge in [0.1, 0.15) is 0 Å². The number of aliphatic imine (C=N–C) groups is 2. The van der Waals surface area contributed by atoms with Crippen LogP contribution in [0, 0.1) is 10.8 Å². The zero-order valence-corrected chi connectivity index (χ0v) is 20.0. The van der Waals surface area contributed by atoms with Crippen molar-refractivity contribution in [2.75, 3.05) is 13.1 Å². The van der Waals surface area contributed by atoms with Crippen LogP contribution in [0.1, 0.15) is 65.2 Å². The Morgan fingerprint density at radius 3 is 1.35 bits per heavy atom. The van der Waals surface area contributed by atoms with E-state index in [2.05, 4.69) is 9.98 Å². The molecule has 0 aromatic carbocycles. The molecule has 0 aromatic rings. The third kappa shape index (κ3) is 15.0. The van der Waals surface area contributed by atoms with E-state index in [1.165, 1.54) is 0 Å². The van der Waals surface area contributed by atoms with Crippen molar-refractivity contribution in [2.45, 2.75) is 65.2 Å². The molecule has 0 aliphatic heterocycles. The van der Waals surface area contributed by atoms with Crippen LogP contribution < -0.4 is 22.9 Å². The Kier molecular flexibility index (Phi) is 15.7. The highest BCUT2D eigenvalue weighted by Crippen LogP contribution is 2.06. The lowest BCUT2D eigenvalue weighted by molar-refractivity contribution is -0.169. The molecule has 0 amide bonds. The van der Waals surface area contributed by atoms with Gasteiger partial charge in [0.2, 0.25) is 0 Å². The Bertz CT molecular complexity index is 696. The highest BCUT2D eigenvalue weighted by atomic mass is 16.7. The molecule has 0 radical (unpaired) electrons. The van der Waals surface area contributed by atoms with E-state index in [4.69, 9.17) is 43.4 Å². The quantitative estimate of drug-likeness (QED) is 0.0745. The minimum Gasteiger partial charge on any atom is -0.370 e. The summed E-state index contributed by atoms with van der Waals surface area (Å²) in [4.78, 5) is 41.7. The largest absolute Gasteiger partial charge is 0.370 e. The van der Waals surface area contributed by atoms with Crippen molar-refractivity contribution >= 4 is 35.8 Å². The number of hydrogen-bond acceptors (Lipinski definition) is 6. The summed E-state index contributed by atoms with van der Waals surface area (Å²) >= 11 is 0. The van der Waals surface area contributed by atoms with Gasteiger partial charge in [-0.3, -0.25) is 10.8 Å². The normalized spacial score (nSPS) is 10.3. The van der Waals surface area contributed by atoms with Crippen molar-refractivity contribution in [1.82, 2.24) is 10.1 Å². The van der Waals surface area contributed by atoms with Gasteiger partial charge in [0.05, 0.1) is 13.1 Å². The second kappa shape index (κ2) is 17.7. The summed E-state index contributed by atoms with van der Waals surface area (Å²) in [7, 11) is 0. The highest BCUT2D eigenvalue weighted by molar-refractivity contribution is 5.95. The average Bonchev–Trinajstić information content (AvgIpc) is 2.75. The Labute approximate surface area is 199 Å². The van der Waals surface area contributed by atoms with Gasteiger partial charge >= 0.3 is 11.9 Å². The Morgan fingerprint density at radius 2 is 1.06 bits per heavy atom. The maximum Gasteiger partial charge on any atom is 0.356 e. The monoisotopic (exact) mass is 482 g/mol. The Balaban J connectivity index is 5.08. The number of hydroxylamine groups is 4. The number of carbonyl (C=O) groups excluding carboxylic acids is 2. The smallest absolute Gasteiger partial charge is 0.356 e. The van der Waals surface area contributed by atoms with Crippen LogP contribution in [0.25, 0.3) is 0 Å². The summed E-state index contributed by atoms with van der Waals surface area (Å²) in [6.07, 6.45) is 8.60. The Hall–Kier alpha value is -3.84. The van der Waals surface area contributed by atoms with Gasteiger partial charge in [-0.1, -0.05) is 52.4 Å². The average molecular weight is 483 g/mol. The zero-order chi connectivity index (χ0) is 25.9. The third-order valence-corrected chi connectivity index (χ3v) is 4.13. The summed E-state index contributed by atoms with van der Waals surface area (Å²) in [6, 6.07) is 0. The van der Waals surface area contributed by atoms with Crippen molar-refractivity contribution in [2.24, 2.45) is 32.9 Å². The molecule has 0 fully saturated rings. The topological polar surface area (TPSA) is 236 Å². The first-order valence-corrected chi connectivity index (χ1v) is 11.1. The second-order valence-electron chi connectivity index (χ2n) is 7.20. The summed E-state index contributed by atoms with van der Waals surface area (Å²) in [5.74, 6) is -3.52. The van der Waals surface area contributed by atoms with E-state index >= 15 is 0 Å². The van der Waals surface area contributed by atoms with Gasteiger partial charge in [0.25, 0.3) is 11.9 Å². The number of nitrogens with zero attached hydrogens (tertiary/aromatic N) is 4. The number of guanidine groups is 4. The highest BCUT2D eigenvalue weighted by Gasteiger charge is 2.17. The molecular formula is C20H38N10O4. The van der Waals surface area contributed by atoms with E-state index in [0.717, 1.165) is 60.8 Å². The van der Waals surface area contributed by atoms with Gasteiger partial charge in [0, 0.05) is 12.2 Å². The zero-order valence-electron chi connectivity index (χ0n) is 20.0. The third-order valence-electron chi connectivity index (χ3n) is 4.13. The number of unbranched alkanes of at least 4 members (excludes halogenated alkanes) is 6. The minimum atomic E-state index is -0.947. The van der Waals surface area contributed by atoms with E-state index in [-0.39, 0.29) is 25.0 Å². The molecule has 0 aliphatic carbocycles.